The number of aromatic nitrogens is 1. The van der Waals surface area contributed by atoms with E-state index in [-0.39, 0.29) is 5.92 Å². The van der Waals surface area contributed by atoms with Crippen molar-refractivity contribution in [2.75, 3.05) is 5.73 Å². The van der Waals surface area contributed by atoms with Gasteiger partial charge in [-0.2, -0.15) is 0 Å². The predicted molar refractivity (Wildman–Crippen MR) is 78.6 cm³/mol. The molecule has 0 fully saturated rings. The number of rotatable bonds is 6. The van der Waals surface area contributed by atoms with Gasteiger partial charge < -0.3 is 21.6 Å². The minimum atomic E-state index is -0.778. The summed E-state index contributed by atoms with van der Waals surface area (Å²) in [5, 5.41) is 8.07. The Morgan fingerprint density at radius 3 is 2.65 bits per heavy atom. The van der Waals surface area contributed by atoms with E-state index in [4.69, 9.17) is 21.6 Å². The van der Waals surface area contributed by atoms with Gasteiger partial charge >= 0.3 is 6.09 Å². The fourth-order valence-electron chi connectivity index (χ4n) is 2.28. The Morgan fingerprint density at radius 2 is 2.15 bits per heavy atom. The second kappa shape index (κ2) is 6.36. The highest BCUT2D eigenvalue weighted by molar-refractivity contribution is 5.98. The molecule has 1 atom stereocenters. The molecule has 20 heavy (non-hydrogen) atoms. The summed E-state index contributed by atoms with van der Waals surface area (Å²) in [5.41, 5.74) is 11.2. The first kappa shape index (κ1) is 15.9. The molecule has 0 radical (unpaired) electrons. The van der Waals surface area contributed by atoms with Crippen molar-refractivity contribution in [3.63, 3.8) is 0 Å². The molecule has 110 valence electrons. The maximum atomic E-state index is 10.8. The zero-order valence-electron chi connectivity index (χ0n) is 12.1. The van der Waals surface area contributed by atoms with Crippen molar-refractivity contribution in [1.82, 2.24) is 4.98 Å². The number of pyridine rings is 1. The van der Waals surface area contributed by atoms with Crippen LogP contribution in [-0.4, -0.2) is 22.4 Å². The molecule has 0 aliphatic heterocycles. The van der Waals surface area contributed by atoms with E-state index in [2.05, 4.69) is 4.98 Å². The van der Waals surface area contributed by atoms with Gasteiger partial charge in [0.25, 0.3) is 0 Å². The van der Waals surface area contributed by atoms with E-state index in [1.165, 1.54) is 0 Å². The summed E-state index contributed by atoms with van der Waals surface area (Å²) in [7, 11) is 0. The van der Waals surface area contributed by atoms with E-state index in [1.54, 1.807) is 18.3 Å². The third-order valence-electron chi connectivity index (χ3n) is 2.90. The standard InChI is InChI=1S/C14H22N4O2/c1-9(7-14(2,3)20-13(17)19)6-11(15)10-4-5-12(16)18-8-10/h4-5,8-9,15H,6-7H2,1-3H3,(H2,16,18)(H2,17,19). The van der Waals surface area contributed by atoms with Gasteiger partial charge in [0.05, 0.1) is 0 Å². The van der Waals surface area contributed by atoms with Gasteiger partial charge in [0.15, 0.2) is 0 Å². The van der Waals surface area contributed by atoms with Gasteiger partial charge in [0, 0.05) is 17.5 Å². The molecule has 6 heteroatoms. The lowest BCUT2D eigenvalue weighted by atomic mass is 9.89. The van der Waals surface area contributed by atoms with Gasteiger partial charge in [-0.1, -0.05) is 6.92 Å². The van der Waals surface area contributed by atoms with E-state index < -0.39 is 11.7 Å². The Morgan fingerprint density at radius 1 is 1.50 bits per heavy atom. The average molecular weight is 278 g/mol. The second-order valence-corrected chi connectivity index (χ2v) is 5.64. The van der Waals surface area contributed by atoms with Crippen molar-refractivity contribution >= 4 is 17.6 Å². The average Bonchev–Trinajstić information content (AvgIpc) is 2.26. The first-order valence-corrected chi connectivity index (χ1v) is 6.47. The first-order valence-electron chi connectivity index (χ1n) is 6.47. The van der Waals surface area contributed by atoms with Gasteiger partial charge in [-0.25, -0.2) is 9.78 Å². The molecule has 0 bridgehead atoms. The lowest BCUT2D eigenvalue weighted by Crippen LogP contribution is -2.33. The molecule has 0 saturated carbocycles. The SMILES string of the molecule is CC(CC(=N)c1ccc(N)nc1)CC(C)(C)OC(N)=O. The Kier molecular flexibility index (Phi) is 5.07. The number of ether oxygens (including phenoxy) is 1. The van der Waals surface area contributed by atoms with Crippen molar-refractivity contribution in [2.45, 2.75) is 39.2 Å². The second-order valence-electron chi connectivity index (χ2n) is 5.64. The lowest BCUT2D eigenvalue weighted by Gasteiger charge is -2.27. The van der Waals surface area contributed by atoms with Gasteiger partial charge in [0.1, 0.15) is 11.4 Å². The number of hydrogen-bond donors (Lipinski definition) is 3. The van der Waals surface area contributed by atoms with E-state index >= 15 is 0 Å². The van der Waals surface area contributed by atoms with Crippen molar-refractivity contribution < 1.29 is 9.53 Å². The first-order chi connectivity index (χ1) is 9.19. The number of anilines is 1. The highest BCUT2D eigenvalue weighted by atomic mass is 16.6. The number of nitrogen functional groups attached to an aromatic ring is 1. The van der Waals surface area contributed by atoms with E-state index in [9.17, 15) is 4.79 Å². The molecule has 5 N–H and O–H groups in total. The summed E-state index contributed by atoms with van der Waals surface area (Å²) in [6.45, 7) is 5.62. The van der Waals surface area contributed by atoms with Crippen LogP contribution in [0.2, 0.25) is 0 Å². The van der Waals surface area contributed by atoms with Crippen LogP contribution in [0.1, 0.15) is 39.2 Å². The Labute approximate surface area is 119 Å². The lowest BCUT2D eigenvalue weighted by molar-refractivity contribution is 0.0290. The van der Waals surface area contributed by atoms with Gasteiger partial charge in [0.2, 0.25) is 0 Å². The van der Waals surface area contributed by atoms with Gasteiger partial charge in [-0.3, -0.25) is 0 Å². The Balaban J connectivity index is 2.57. The van der Waals surface area contributed by atoms with Crippen molar-refractivity contribution in [3.8, 4) is 0 Å². The normalized spacial score (nSPS) is 12.8. The van der Waals surface area contributed by atoms with Crippen LogP contribution in [0.4, 0.5) is 10.6 Å². The minimum Gasteiger partial charge on any atom is -0.444 e. The predicted octanol–water partition coefficient (Wildman–Crippen LogP) is 2.32. The molecule has 1 unspecified atom stereocenters. The summed E-state index contributed by atoms with van der Waals surface area (Å²) in [6.07, 6.45) is 2.01. The smallest absolute Gasteiger partial charge is 0.405 e. The summed E-state index contributed by atoms with van der Waals surface area (Å²) < 4.78 is 5.05. The molecule has 1 heterocycles. The van der Waals surface area contributed by atoms with Crippen LogP contribution in [0.25, 0.3) is 0 Å². The summed E-state index contributed by atoms with van der Waals surface area (Å²) in [6, 6.07) is 3.46. The summed E-state index contributed by atoms with van der Waals surface area (Å²) >= 11 is 0. The number of nitrogens with one attached hydrogen (secondary N) is 1. The van der Waals surface area contributed by atoms with Crippen LogP contribution in [0.5, 0.6) is 0 Å². The molecule has 0 aromatic carbocycles. The fourth-order valence-corrected chi connectivity index (χ4v) is 2.28. The zero-order valence-corrected chi connectivity index (χ0v) is 12.1. The number of amides is 1. The molecule has 1 amide bonds. The van der Waals surface area contributed by atoms with E-state index in [0.29, 0.717) is 24.4 Å². The molecular weight excluding hydrogens is 256 g/mol. The van der Waals surface area contributed by atoms with Crippen molar-refractivity contribution in [1.29, 1.82) is 5.41 Å². The topological polar surface area (TPSA) is 115 Å². The third kappa shape index (κ3) is 5.26. The fraction of sp³-hybridized carbons (Fsp3) is 0.500. The Bertz CT molecular complexity index is 482. The maximum absolute atomic E-state index is 10.8. The molecular formula is C14H22N4O2. The van der Waals surface area contributed by atoms with Crippen LogP contribution >= 0.6 is 0 Å². The molecule has 6 nitrogen and oxygen atoms in total. The molecule has 0 spiro atoms. The van der Waals surface area contributed by atoms with Crippen LogP contribution in [0.3, 0.4) is 0 Å². The summed E-state index contributed by atoms with van der Waals surface area (Å²) in [5.74, 6) is 0.611. The zero-order chi connectivity index (χ0) is 15.3. The third-order valence-corrected chi connectivity index (χ3v) is 2.90. The highest BCUT2D eigenvalue weighted by Crippen LogP contribution is 2.23. The van der Waals surface area contributed by atoms with Crippen LogP contribution in [0.15, 0.2) is 18.3 Å². The molecule has 1 aromatic rings. The number of carbonyl (C=O) groups excluding carboxylic acids is 1. The molecule has 0 saturated heterocycles. The van der Waals surface area contributed by atoms with Gasteiger partial charge in [-0.15, -0.1) is 0 Å². The number of nitrogens with zero attached hydrogens (tertiary/aromatic N) is 1. The van der Waals surface area contributed by atoms with Gasteiger partial charge in [-0.05, 0) is 44.7 Å². The van der Waals surface area contributed by atoms with Crippen LogP contribution < -0.4 is 11.5 Å². The van der Waals surface area contributed by atoms with Crippen LogP contribution in [-0.2, 0) is 4.74 Å². The van der Waals surface area contributed by atoms with E-state index in [1.807, 2.05) is 20.8 Å². The molecule has 1 rings (SSSR count). The van der Waals surface area contributed by atoms with Crippen molar-refractivity contribution in [2.24, 2.45) is 11.7 Å². The molecule has 0 aliphatic rings. The molecule has 0 aliphatic carbocycles. The Hall–Kier alpha value is -2.11. The minimum absolute atomic E-state index is 0.175. The highest BCUT2D eigenvalue weighted by Gasteiger charge is 2.25. The number of primary amides is 1. The van der Waals surface area contributed by atoms with E-state index in [0.717, 1.165) is 5.56 Å². The number of nitrogens with two attached hydrogens (primary N) is 2. The quantitative estimate of drug-likeness (QED) is 0.692. The monoisotopic (exact) mass is 278 g/mol. The number of carbonyl (C=O) groups is 1. The number of hydrogen-bond acceptors (Lipinski definition) is 5. The van der Waals surface area contributed by atoms with Crippen molar-refractivity contribution in [3.05, 3.63) is 23.9 Å². The molecule has 1 aromatic heterocycles. The summed E-state index contributed by atoms with van der Waals surface area (Å²) in [4.78, 5) is 14.8. The maximum Gasteiger partial charge on any atom is 0.405 e. The largest absolute Gasteiger partial charge is 0.444 e. The van der Waals surface area contributed by atoms with Crippen LogP contribution in [0, 0.1) is 11.3 Å².